The zero-order chi connectivity index (χ0) is 10.1. The van der Waals surface area contributed by atoms with Crippen LogP contribution >= 0.6 is 0 Å². The summed E-state index contributed by atoms with van der Waals surface area (Å²) < 4.78 is 11.0. The van der Waals surface area contributed by atoms with Crippen LogP contribution in [0.15, 0.2) is 0 Å². The molecule has 0 bridgehead atoms. The van der Waals surface area contributed by atoms with E-state index in [0.29, 0.717) is 18.1 Å². The highest BCUT2D eigenvalue weighted by Gasteiger charge is 1.94. The Bertz CT molecular complexity index is 174. The van der Waals surface area contributed by atoms with Crippen LogP contribution in [0.2, 0.25) is 0 Å². The van der Waals surface area contributed by atoms with Gasteiger partial charge in [0.2, 0.25) is 5.91 Å². The Morgan fingerprint density at radius 3 is 2.54 bits per heavy atom. The molecule has 0 saturated heterocycles. The molecule has 2 N–H and O–H groups in total. The van der Waals surface area contributed by atoms with Gasteiger partial charge in [0.1, 0.15) is 0 Å². The molecule has 0 radical (unpaired) electrons. The maximum atomic E-state index is 11.0. The van der Waals surface area contributed by atoms with Gasteiger partial charge in [-0.05, 0) is 0 Å². The van der Waals surface area contributed by atoms with Gasteiger partial charge in [0.15, 0.2) is 0 Å². The van der Waals surface area contributed by atoms with Crippen LogP contribution in [-0.2, 0) is 15.6 Å². The molecule has 78 valence electrons. The molecule has 0 aliphatic heterocycles. The van der Waals surface area contributed by atoms with Crippen molar-refractivity contribution in [2.24, 2.45) is 0 Å². The van der Waals surface area contributed by atoms with Crippen LogP contribution in [-0.4, -0.2) is 41.3 Å². The molecule has 0 rings (SSSR count). The molecule has 1 unspecified atom stereocenters. The van der Waals surface area contributed by atoms with Crippen molar-refractivity contribution in [1.82, 2.24) is 10.6 Å². The van der Waals surface area contributed by atoms with Crippen molar-refractivity contribution in [1.29, 1.82) is 0 Å². The van der Waals surface area contributed by atoms with Crippen LogP contribution in [0.3, 0.4) is 0 Å². The van der Waals surface area contributed by atoms with Gasteiger partial charge in [-0.2, -0.15) is 0 Å². The second-order valence-corrected chi connectivity index (χ2v) is 4.53. The normalized spacial score (nSPS) is 12.5. The lowest BCUT2D eigenvalue weighted by Gasteiger charge is -2.04. The van der Waals surface area contributed by atoms with Gasteiger partial charge >= 0.3 is 0 Å². The zero-order valence-corrected chi connectivity index (χ0v) is 9.08. The fourth-order valence-electron chi connectivity index (χ4n) is 0.782. The molecule has 0 saturated carbocycles. The number of rotatable bonds is 7. The number of hydrogen-bond donors (Lipinski definition) is 2. The Morgan fingerprint density at radius 2 is 2.00 bits per heavy atom. The number of nitrogens with one attached hydrogen (secondary N) is 2. The molecule has 0 aromatic carbocycles. The topological polar surface area (TPSA) is 58.2 Å². The summed E-state index contributed by atoms with van der Waals surface area (Å²) in [6, 6.07) is 0. The van der Waals surface area contributed by atoms with E-state index in [1.165, 1.54) is 6.92 Å². The highest BCUT2D eigenvalue weighted by molar-refractivity contribution is 7.84. The van der Waals surface area contributed by atoms with Gasteiger partial charge in [0.05, 0.1) is 0 Å². The third kappa shape index (κ3) is 9.49. The first-order chi connectivity index (χ1) is 6.16. The van der Waals surface area contributed by atoms with E-state index in [9.17, 15) is 9.00 Å². The van der Waals surface area contributed by atoms with Crippen LogP contribution in [0.1, 0.15) is 13.8 Å². The Kier molecular flexibility index (Phi) is 7.93. The van der Waals surface area contributed by atoms with Gasteiger partial charge in [-0.15, -0.1) is 0 Å². The Balaban J connectivity index is 3.08. The zero-order valence-electron chi connectivity index (χ0n) is 8.26. The summed E-state index contributed by atoms with van der Waals surface area (Å²) in [4.78, 5) is 10.4. The van der Waals surface area contributed by atoms with Gasteiger partial charge < -0.3 is 10.6 Å². The first-order valence-electron chi connectivity index (χ1n) is 4.47. The standard InChI is InChI=1S/C8H18N2O2S/c1-3-13(12)7-6-9-4-5-10-8(2)11/h9H,3-7H2,1-2H3,(H,10,11). The van der Waals surface area contributed by atoms with Crippen LogP contribution in [0.5, 0.6) is 0 Å². The molecule has 0 aromatic heterocycles. The monoisotopic (exact) mass is 206 g/mol. The average Bonchev–Trinajstić information content (AvgIpc) is 2.10. The largest absolute Gasteiger partial charge is 0.355 e. The first kappa shape index (κ1) is 12.6. The van der Waals surface area contributed by atoms with Crippen molar-refractivity contribution in [3.05, 3.63) is 0 Å². The van der Waals surface area contributed by atoms with E-state index in [2.05, 4.69) is 10.6 Å². The van der Waals surface area contributed by atoms with Crippen molar-refractivity contribution in [2.45, 2.75) is 13.8 Å². The Labute approximate surface area is 81.9 Å². The van der Waals surface area contributed by atoms with Gasteiger partial charge in [-0.1, -0.05) is 6.92 Å². The quantitative estimate of drug-likeness (QED) is 0.551. The molecular weight excluding hydrogens is 188 g/mol. The summed E-state index contributed by atoms with van der Waals surface area (Å²) in [5, 5.41) is 5.77. The predicted octanol–water partition coefficient (Wildman–Crippen LogP) is -0.519. The molecule has 0 aliphatic rings. The maximum Gasteiger partial charge on any atom is 0.216 e. The fraction of sp³-hybridized carbons (Fsp3) is 0.875. The molecule has 5 heteroatoms. The highest BCUT2D eigenvalue weighted by atomic mass is 32.2. The molecule has 0 fully saturated rings. The van der Waals surface area contributed by atoms with Crippen LogP contribution in [0.4, 0.5) is 0 Å². The Hall–Kier alpha value is -0.420. The third-order valence-corrected chi connectivity index (χ3v) is 2.81. The van der Waals surface area contributed by atoms with Crippen molar-refractivity contribution < 1.29 is 9.00 Å². The highest BCUT2D eigenvalue weighted by Crippen LogP contribution is 1.78. The van der Waals surface area contributed by atoms with Gasteiger partial charge in [0.25, 0.3) is 0 Å². The average molecular weight is 206 g/mol. The lowest BCUT2D eigenvalue weighted by atomic mass is 10.5. The number of carbonyl (C=O) groups is 1. The number of carbonyl (C=O) groups excluding carboxylic acids is 1. The van der Waals surface area contributed by atoms with Gasteiger partial charge in [-0.25, -0.2) is 0 Å². The lowest BCUT2D eigenvalue weighted by Crippen LogP contribution is -2.32. The molecule has 0 heterocycles. The lowest BCUT2D eigenvalue weighted by molar-refractivity contribution is -0.118. The Morgan fingerprint density at radius 1 is 1.31 bits per heavy atom. The second-order valence-electron chi connectivity index (χ2n) is 2.67. The SMILES string of the molecule is CCS(=O)CCNCCNC(C)=O. The van der Waals surface area contributed by atoms with E-state index in [1.54, 1.807) is 0 Å². The van der Waals surface area contributed by atoms with Gasteiger partial charge in [-0.3, -0.25) is 9.00 Å². The molecule has 13 heavy (non-hydrogen) atoms. The minimum Gasteiger partial charge on any atom is -0.355 e. The van der Waals surface area contributed by atoms with Crippen molar-refractivity contribution in [2.75, 3.05) is 31.1 Å². The van der Waals surface area contributed by atoms with Crippen LogP contribution in [0, 0.1) is 0 Å². The fourth-order valence-corrected chi connectivity index (χ4v) is 1.44. The van der Waals surface area contributed by atoms with Crippen molar-refractivity contribution in [3.63, 3.8) is 0 Å². The summed E-state index contributed by atoms with van der Waals surface area (Å²) in [5.41, 5.74) is 0. The van der Waals surface area contributed by atoms with E-state index in [0.717, 1.165) is 13.1 Å². The van der Waals surface area contributed by atoms with E-state index in [-0.39, 0.29) is 5.91 Å². The molecule has 0 aliphatic carbocycles. The van der Waals surface area contributed by atoms with E-state index < -0.39 is 10.8 Å². The summed E-state index contributed by atoms with van der Waals surface area (Å²) in [6.45, 7) is 5.52. The molecular formula is C8H18N2O2S. The van der Waals surface area contributed by atoms with Gasteiger partial charge in [0, 0.05) is 48.9 Å². The van der Waals surface area contributed by atoms with E-state index >= 15 is 0 Å². The minimum atomic E-state index is -0.691. The molecule has 4 nitrogen and oxygen atoms in total. The summed E-state index contributed by atoms with van der Waals surface area (Å²) >= 11 is 0. The van der Waals surface area contributed by atoms with Crippen LogP contribution in [0.25, 0.3) is 0 Å². The summed E-state index contributed by atoms with van der Waals surface area (Å²) in [6.07, 6.45) is 0. The van der Waals surface area contributed by atoms with E-state index in [4.69, 9.17) is 0 Å². The van der Waals surface area contributed by atoms with Crippen LogP contribution < -0.4 is 10.6 Å². The van der Waals surface area contributed by atoms with E-state index in [1.807, 2.05) is 6.92 Å². The minimum absolute atomic E-state index is 0.0149. The smallest absolute Gasteiger partial charge is 0.216 e. The summed E-state index contributed by atoms with van der Waals surface area (Å²) in [7, 11) is -0.691. The first-order valence-corrected chi connectivity index (χ1v) is 5.95. The molecule has 1 atom stereocenters. The predicted molar refractivity (Wildman–Crippen MR) is 55.1 cm³/mol. The number of hydrogen-bond acceptors (Lipinski definition) is 3. The molecule has 0 spiro atoms. The number of amides is 1. The molecule has 0 aromatic rings. The summed E-state index contributed by atoms with van der Waals surface area (Å²) in [5.74, 6) is 1.39. The maximum absolute atomic E-state index is 11.0. The second kappa shape index (κ2) is 8.19. The third-order valence-electron chi connectivity index (χ3n) is 1.50. The van der Waals surface area contributed by atoms with Crippen molar-refractivity contribution >= 4 is 16.7 Å². The van der Waals surface area contributed by atoms with Crippen molar-refractivity contribution in [3.8, 4) is 0 Å². The molecule has 1 amide bonds.